The fourth-order valence-corrected chi connectivity index (χ4v) is 2.19. The summed E-state index contributed by atoms with van der Waals surface area (Å²) >= 11 is 0. The van der Waals surface area contributed by atoms with Gasteiger partial charge in [-0.25, -0.2) is 4.39 Å². The maximum atomic E-state index is 13.7. The number of hydrogen-bond donors (Lipinski definition) is 2. The highest BCUT2D eigenvalue weighted by Gasteiger charge is 2.36. The number of nitrogens with one attached hydrogen (secondary N) is 1. The molecular weight excluding hydrogens is 250 g/mol. The number of rotatable bonds is 1. The lowest BCUT2D eigenvalue weighted by Crippen LogP contribution is -2.43. The Hall–Kier alpha value is -1.14. The van der Waals surface area contributed by atoms with Crippen molar-refractivity contribution in [3.8, 4) is 0 Å². The topological polar surface area (TPSA) is 32.3 Å². The van der Waals surface area contributed by atoms with Crippen LogP contribution < -0.4 is 5.32 Å². The normalized spacial score (nSPS) is 25.2. The van der Waals surface area contributed by atoms with E-state index in [1.807, 2.05) is 0 Å². The van der Waals surface area contributed by atoms with Gasteiger partial charge >= 0.3 is 6.18 Å². The molecule has 2 N–H and O–H groups in total. The molecule has 1 aromatic carbocycles. The van der Waals surface area contributed by atoms with Gasteiger partial charge in [-0.1, -0.05) is 6.07 Å². The maximum absolute atomic E-state index is 13.7. The van der Waals surface area contributed by atoms with Crippen molar-refractivity contribution >= 4 is 0 Å². The van der Waals surface area contributed by atoms with Crippen molar-refractivity contribution in [1.29, 1.82) is 0 Å². The van der Waals surface area contributed by atoms with Crippen LogP contribution in [0.2, 0.25) is 0 Å². The van der Waals surface area contributed by atoms with Crippen LogP contribution in [0.15, 0.2) is 18.2 Å². The van der Waals surface area contributed by atoms with Crippen molar-refractivity contribution in [2.75, 3.05) is 13.1 Å². The minimum atomic E-state index is -4.58. The lowest BCUT2D eigenvalue weighted by molar-refractivity contribution is -0.137. The Kier molecular flexibility index (Phi) is 3.33. The first-order valence-electron chi connectivity index (χ1n) is 5.63. The van der Waals surface area contributed by atoms with Crippen molar-refractivity contribution in [1.82, 2.24) is 5.32 Å². The summed E-state index contributed by atoms with van der Waals surface area (Å²) in [5, 5.41) is 13.1. The van der Waals surface area contributed by atoms with E-state index >= 15 is 0 Å². The molecule has 18 heavy (non-hydrogen) atoms. The second-order valence-electron chi connectivity index (χ2n) is 4.50. The van der Waals surface area contributed by atoms with E-state index in [9.17, 15) is 22.7 Å². The first-order valence-corrected chi connectivity index (χ1v) is 5.63. The van der Waals surface area contributed by atoms with Crippen molar-refractivity contribution in [3.05, 3.63) is 35.1 Å². The fraction of sp³-hybridized carbons (Fsp3) is 0.500. The minimum Gasteiger partial charge on any atom is -0.384 e. The lowest BCUT2D eigenvalue weighted by Gasteiger charge is -2.33. The molecule has 1 aliphatic heterocycles. The number of hydrogen-bond acceptors (Lipinski definition) is 2. The van der Waals surface area contributed by atoms with E-state index in [1.54, 1.807) is 0 Å². The van der Waals surface area contributed by atoms with E-state index in [-0.39, 0.29) is 12.1 Å². The number of halogens is 4. The van der Waals surface area contributed by atoms with Crippen molar-refractivity contribution in [2.24, 2.45) is 0 Å². The molecule has 2 rings (SSSR count). The van der Waals surface area contributed by atoms with Crippen LogP contribution in [0.4, 0.5) is 17.6 Å². The third kappa shape index (κ3) is 2.49. The van der Waals surface area contributed by atoms with Crippen molar-refractivity contribution in [2.45, 2.75) is 24.6 Å². The number of β-amino-alcohol motifs (C(OH)–C–C–N with tert-alkyl or cyclic N) is 1. The maximum Gasteiger partial charge on any atom is 0.416 e. The summed E-state index contributed by atoms with van der Waals surface area (Å²) in [4.78, 5) is 0. The summed E-state index contributed by atoms with van der Waals surface area (Å²) in [5.41, 5.74) is -2.55. The van der Waals surface area contributed by atoms with Crippen LogP contribution in [0.1, 0.15) is 24.0 Å². The predicted molar refractivity (Wildman–Crippen MR) is 57.4 cm³/mol. The van der Waals surface area contributed by atoms with Gasteiger partial charge < -0.3 is 10.4 Å². The van der Waals surface area contributed by atoms with Gasteiger partial charge in [0.2, 0.25) is 0 Å². The monoisotopic (exact) mass is 263 g/mol. The number of benzene rings is 1. The molecule has 0 aromatic heterocycles. The Balaban J connectivity index is 2.35. The number of alkyl halides is 3. The standard InChI is InChI=1S/C12H13F4NO/c13-10-6-8(12(14,15)16)2-3-9(10)11(18)4-1-5-17-7-11/h2-3,6,17-18H,1,4-5,7H2. The van der Waals surface area contributed by atoms with Crippen LogP contribution in [-0.2, 0) is 11.8 Å². The Morgan fingerprint density at radius 3 is 2.50 bits per heavy atom. The van der Waals surface area contributed by atoms with Gasteiger partial charge in [0.05, 0.1) is 5.56 Å². The zero-order valence-corrected chi connectivity index (χ0v) is 9.52. The van der Waals surface area contributed by atoms with Gasteiger partial charge in [-0.15, -0.1) is 0 Å². The predicted octanol–water partition coefficient (Wildman–Crippen LogP) is 2.42. The lowest BCUT2D eigenvalue weighted by atomic mass is 9.86. The third-order valence-electron chi connectivity index (χ3n) is 3.16. The van der Waals surface area contributed by atoms with E-state index < -0.39 is 23.2 Å². The average molecular weight is 263 g/mol. The molecule has 0 saturated carbocycles. The number of piperidine rings is 1. The molecule has 0 amide bonds. The van der Waals surface area contributed by atoms with Crippen LogP contribution in [0.5, 0.6) is 0 Å². The molecular formula is C12H13F4NO. The van der Waals surface area contributed by atoms with Crippen molar-refractivity contribution in [3.63, 3.8) is 0 Å². The van der Waals surface area contributed by atoms with Gasteiger partial charge in [0.25, 0.3) is 0 Å². The molecule has 0 aliphatic carbocycles. The summed E-state index contributed by atoms with van der Waals surface area (Å²) in [5.74, 6) is -1.02. The molecule has 1 atom stereocenters. The molecule has 1 saturated heterocycles. The molecule has 0 bridgehead atoms. The van der Waals surface area contributed by atoms with Crippen LogP contribution >= 0.6 is 0 Å². The van der Waals surface area contributed by atoms with Crippen LogP contribution in [-0.4, -0.2) is 18.2 Å². The van der Waals surface area contributed by atoms with Crippen LogP contribution in [0, 0.1) is 5.82 Å². The molecule has 6 heteroatoms. The van der Waals surface area contributed by atoms with Gasteiger partial charge in [-0.2, -0.15) is 13.2 Å². The molecule has 1 unspecified atom stereocenters. The van der Waals surface area contributed by atoms with Gasteiger partial charge in [-0.05, 0) is 31.5 Å². The molecule has 2 nitrogen and oxygen atoms in total. The first-order chi connectivity index (χ1) is 8.33. The first kappa shape index (κ1) is 13.3. The Labute approximate surface area is 102 Å². The van der Waals surface area contributed by atoms with E-state index in [0.717, 1.165) is 12.1 Å². The summed E-state index contributed by atoms with van der Waals surface area (Å²) in [6, 6.07) is 2.25. The minimum absolute atomic E-state index is 0.0808. The summed E-state index contributed by atoms with van der Waals surface area (Å²) < 4.78 is 50.9. The summed E-state index contributed by atoms with van der Waals surface area (Å²) in [6.07, 6.45) is -3.59. The summed E-state index contributed by atoms with van der Waals surface area (Å²) in [7, 11) is 0. The van der Waals surface area contributed by atoms with Gasteiger partial charge in [0.15, 0.2) is 0 Å². The van der Waals surface area contributed by atoms with E-state index in [0.29, 0.717) is 25.5 Å². The largest absolute Gasteiger partial charge is 0.416 e. The molecule has 1 aromatic rings. The Morgan fingerprint density at radius 1 is 1.28 bits per heavy atom. The molecule has 0 spiro atoms. The highest BCUT2D eigenvalue weighted by molar-refractivity contribution is 5.31. The molecule has 1 fully saturated rings. The third-order valence-corrected chi connectivity index (χ3v) is 3.16. The average Bonchev–Trinajstić information content (AvgIpc) is 2.28. The Morgan fingerprint density at radius 2 is 2.00 bits per heavy atom. The van der Waals surface area contributed by atoms with E-state index in [2.05, 4.69) is 5.32 Å². The van der Waals surface area contributed by atoms with Crippen LogP contribution in [0.25, 0.3) is 0 Å². The molecule has 1 heterocycles. The second-order valence-corrected chi connectivity index (χ2v) is 4.50. The highest BCUT2D eigenvalue weighted by atomic mass is 19.4. The zero-order valence-electron chi connectivity index (χ0n) is 9.52. The molecule has 1 aliphatic rings. The van der Waals surface area contributed by atoms with Crippen LogP contribution in [0.3, 0.4) is 0 Å². The van der Waals surface area contributed by atoms with Crippen molar-refractivity contribution < 1.29 is 22.7 Å². The van der Waals surface area contributed by atoms with Gasteiger partial charge in [0, 0.05) is 12.1 Å². The zero-order chi connectivity index (χ0) is 13.4. The fourth-order valence-electron chi connectivity index (χ4n) is 2.19. The second kappa shape index (κ2) is 4.51. The SMILES string of the molecule is OC1(c2ccc(C(F)(F)F)cc2F)CCCNC1. The van der Waals surface area contributed by atoms with E-state index in [4.69, 9.17) is 0 Å². The smallest absolute Gasteiger partial charge is 0.384 e. The van der Waals surface area contributed by atoms with E-state index in [1.165, 1.54) is 0 Å². The quantitative estimate of drug-likeness (QED) is 0.763. The molecule has 100 valence electrons. The Bertz CT molecular complexity index is 438. The van der Waals surface area contributed by atoms with Gasteiger partial charge in [0.1, 0.15) is 11.4 Å². The van der Waals surface area contributed by atoms with Gasteiger partial charge in [-0.3, -0.25) is 0 Å². The summed E-state index contributed by atoms with van der Waals surface area (Å²) in [6.45, 7) is 0.861. The number of aliphatic hydroxyl groups is 1. The highest BCUT2D eigenvalue weighted by Crippen LogP contribution is 2.34. The molecule has 0 radical (unpaired) electrons.